The van der Waals surface area contributed by atoms with Gasteiger partial charge in [-0.25, -0.2) is 0 Å². The van der Waals surface area contributed by atoms with Gasteiger partial charge in [-0.3, -0.25) is 0 Å². The molecule has 0 aromatic heterocycles. The highest BCUT2D eigenvalue weighted by atomic mass is 28.4. The minimum absolute atomic E-state index is 0.283. The lowest BCUT2D eigenvalue weighted by molar-refractivity contribution is -0.141. The SMILES string of the molecule is CC(C)(C)[Si](C)(C)Oc1cc(C(F)(F)F)c(N)cc1C(F)(F)F. The zero-order valence-corrected chi connectivity index (χ0v) is 14.4. The lowest BCUT2D eigenvalue weighted by Crippen LogP contribution is -2.44. The van der Waals surface area contributed by atoms with E-state index in [1.165, 1.54) is 0 Å². The fourth-order valence-corrected chi connectivity index (χ4v) is 2.60. The molecule has 0 aliphatic heterocycles. The van der Waals surface area contributed by atoms with Crippen LogP contribution in [0.4, 0.5) is 32.0 Å². The van der Waals surface area contributed by atoms with Gasteiger partial charge in [0.1, 0.15) is 5.75 Å². The second kappa shape index (κ2) is 5.61. The zero-order valence-electron chi connectivity index (χ0n) is 13.4. The molecule has 2 nitrogen and oxygen atoms in total. The number of rotatable bonds is 2. The quantitative estimate of drug-likeness (QED) is 0.418. The number of nitrogens with two attached hydrogens (primary N) is 1. The minimum Gasteiger partial charge on any atom is -0.543 e. The largest absolute Gasteiger partial charge is 0.543 e. The van der Waals surface area contributed by atoms with Crippen LogP contribution in [0, 0.1) is 0 Å². The van der Waals surface area contributed by atoms with Gasteiger partial charge in [-0.2, -0.15) is 26.3 Å². The van der Waals surface area contributed by atoms with E-state index in [2.05, 4.69) is 0 Å². The Hall–Kier alpha value is -1.38. The first-order valence-electron chi connectivity index (χ1n) is 6.74. The third kappa shape index (κ3) is 4.33. The number of hydrogen-bond donors (Lipinski definition) is 1. The summed E-state index contributed by atoms with van der Waals surface area (Å²) in [6, 6.07) is 0.629. The van der Waals surface area contributed by atoms with Gasteiger partial charge in [0.05, 0.1) is 11.1 Å². The third-order valence-corrected chi connectivity index (χ3v) is 8.28. The van der Waals surface area contributed by atoms with Crippen LogP contribution in [0.15, 0.2) is 12.1 Å². The molecule has 0 unspecified atom stereocenters. The Morgan fingerprint density at radius 1 is 0.870 bits per heavy atom. The highest BCUT2D eigenvalue weighted by Gasteiger charge is 2.44. The molecule has 0 amide bonds. The Bertz CT molecular complexity index is 587. The van der Waals surface area contributed by atoms with E-state index in [0.29, 0.717) is 6.07 Å². The summed E-state index contributed by atoms with van der Waals surface area (Å²) >= 11 is 0. The highest BCUT2D eigenvalue weighted by Crippen LogP contribution is 2.46. The van der Waals surface area contributed by atoms with Crippen LogP contribution >= 0.6 is 0 Å². The molecular weight excluding hydrogens is 340 g/mol. The first kappa shape index (κ1) is 19.7. The molecule has 23 heavy (non-hydrogen) atoms. The molecule has 1 aromatic carbocycles. The van der Waals surface area contributed by atoms with Gasteiger partial charge in [0.25, 0.3) is 0 Å². The van der Waals surface area contributed by atoms with Gasteiger partial charge in [0.2, 0.25) is 8.32 Å². The van der Waals surface area contributed by atoms with E-state index in [0.717, 1.165) is 0 Å². The topological polar surface area (TPSA) is 35.2 Å². The Morgan fingerprint density at radius 3 is 1.65 bits per heavy atom. The van der Waals surface area contributed by atoms with E-state index >= 15 is 0 Å². The number of nitrogen functional groups attached to an aromatic ring is 1. The van der Waals surface area contributed by atoms with Crippen molar-refractivity contribution in [2.24, 2.45) is 0 Å². The number of anilines is 1. The average Bonchev–Trinajstić information content (AvgIpc) is 2.26. The van der Waals surface area contributed by atoms with Gasteiger partial charge >= 0.3 is 12.4 Å². The highest BCUT2D eigenvalue weighted by molar-refractivity contribution is 6.74. The van der Waals surface area contributed by atoms with E-state index in [-0.39, 0.29) is 6.07 Å². The summed E-state index contributed by atoms with van der Waals surface area (Å²) in [6.07, 6.45) is -9.73. The van der Waals surface area contributed by atoms with Gasteiger partial charge in [0, 0.05) is 5.69 Å². The van der Waals surface area contributed by atoms with Gasteiger partial charge < -0.3 is 10.2 Å². The molecule has 0 spiro atoms. The Balaban J connectivity index is 3.55. The van der Waals surface area contributed by atoms with Crippen LogP contribution in [0.1, 0.15) is 31.9 Å². The van der Waals surface area contributed by atoms with Gasteiger partial charge in [-0.1, -0.05) is 20.8 Å². The van der Waals surface area contributed by atoms with E-state index < -0.39 is 48.3 Å². The fraction of sp³-hybridized carbons (Fsp3) is 0.571. The molecule has 0 saturated carbocycles. The number of benzene rings is 1. The summed E-state index contributed by atoms with van der Waals surface area (Å²) in [5.41, 5.74) is 1.55. The predicted octanol–water partition coefficient (Wildman–Crippen LogP) is 5.69. The van der Waals surface area contributed by atoms with Crippen molar-refractivity contribution in [3.8, 4) is 5.75 Å². The average molecular weight is 359 g/mol. The Kier molecular flexibility index (Phi) is 4.79. The number of alkyl halides is 6. The normalized spacial score (nSPS) is 14.0. The van der Waals surface area contributed by atoms with Crippen LogP contribution in [0.5, 0.6) is 5.75 Å². The van der Waals surface area contributed by atoms with Gasteiger partial charge in [-0.05, 0) is 30.3 Å². The van der Waals surface area contributed by atoms with E-state index in [9.17, 15) is 26.3 Å². The molecule has 0 atom stereocenters. The molecule has 1 rings (SSSR count). The summed E-state index contributed by atoms with van der Waals surface area (Å²) < 4.78 is 83.6. The van der Waals surface area contributed by atoms with Crippen molar-refractivity contribution in [3.05, 3.63) is 23.3 Å². The van der Waals surface area contributed by atoms with Crippen molar-refractivity contribution in [3.63, 3.8) is 0 Å². The molecule has 0 aliphatic carbocycles. The minimum atomic E-state index is -4.87. The summed E-state index contributed by atoms with van der Waals surface area (Å²) in [5, 5.41) is -0.477. The smallest absolute Gasteiger partial charge is 0.419 e. The van der Waals surface area contributed by atoms with Crippen LogP contribution < -0.4 is 10.2 Å². The molecule has 0 fully saturated rings. The lowest BCUT2D eigenvalue weighted by atomic mass is 10.1. The van der Waals surface area contributed by atoms with Crippen molar-refractivity contribution in [1.29, 1.82) is 0 Å². The van der Waals surface area contributed by atoms with Crippen LogP contribution in [-0.2, 0) is 12.4 Å². The fourth-order valence-electron chi connectivity index (χ4n) is 1.58. The van der Waals surface area contributed by atoms with Crippen molar-refractivity contribution >= 4 is 14.0 Å². The number of halogens is 6. The Morgan fingerprint density at radius 2 is 1.30 bits per heavy atom. The van der Waals surface area contributed by atoms with Crippen molar-refractivity contribution in [1.82, 2.24) is 0 Å². The summed E-state index contributed by atoms with van der Waals surface area (Å²) in [4.78, 5) is 0. The predicted molar refractivity (Wildman–Crippen MR) is 78.7 cm³/mol. The summed E-state index contributed by atoms with van der Waals surface area (Å²) in [6.45, 7) is 8.62. The molecule has 0 radical (unpaired) electrons. The van der Waals surface area contributed by atoms with Crippen LogP contribution in [0.2, 0.25) is 18.1 Å². The van der Waals surface area contributed by atoms with Crippen molar-refractivity contribution < 1.29 is 30.8 Å². The number of hydrogen-bond acceptors (Lipinski definition) is 2. The van der Waals surface area contributed by atoms with Gasteiger partial charge in [-0.15, -0.1) is 0 Å². The zero-order chi connectivity index (χ0) is 18.4. The maximum absolute atomic E-state index is 13.1. The second-order valence-electron chi connectivity index (χ2n) is 6.79. The molecule has 2 N–H and O–H groups in total. The lowest BCUT2D eigenvalue weighted by Gasteiger charge is -2.37. The first-order chi connectivity index (χ1) is 9.97. The molecule has 0 heterocycles. The monoisotopic (exact) mass is 359 g/mol. The molecule has 0 saturated heterocycles. The molecule has 0 aliphatic rings. The van der Waals surface area contributed by atoms with Crippen LogP contribution in [-0.4, -0.2) is 8.32 Å². The van der Waals surface area contributed by atoms with Crippen LogP contribution in [0.25, 0.3) is 0 Å². The molecular formula is C14H19F6NOSi. The summed E-state index contributed by atoms with van der Waals surface area (Å²) in [5.74, 6) is -0.828. The maximum atomic E-state index is 13.1. The van der Waals surface area contributed by atoms with E-state index in [1.807, 2.05) is 0 Å². The standard InChI is InChI=1S/C14H19F6NOSi/c1-12(2,3)23(4,5)22-11-7-8(13(15,16)17)10(21)6-9(11)14(18,19)20/h6-7H,21H2,1-5H3. The summed E-state index contributed by atoms with van der Waals surface area (Å²) in [7, 11) is -2.76. The van der Waals surface area contributed by atoms with Crippen LogP contribution in [0.3, 0.4) is 0 Å². The molecule has 9 heteroatoms. The van der Waals surface area contributed by atoms with Crippen molar-refractivity contribution in [2.75, 3.05) is 5.73 Å². The maximum Gasteiger partial charge on any atom is 0.419 e. The Labute approximate surface area is 131 Å². The molecule has 0 bridgehead atoms. The van der Waals surface area contributed by atoms with E-state index in [1.54, 1.807) is 33.9 Å². The second-order valence-corrected chi connectivity index (χ2v) is 11.5. The third-order valence-electron chi connectivity index (χ3n) is 3.93. The van der Waals surface area contributed by atoms with Gasteiger partial charge in [0.15, 0.2) is 0 Å². The molecule has 132 valence electrons. The van der Waals surface area contributed by atoms with E-state index in [4.69, 9.17) is 10.2 Å². The molecule has 1 aromatic rings. The van der Waals surface area contributed by atoms with Crippen molar-refractivity contribution in [2.45, 2.75) is 51.3 Å². The first-order valence-corrected chi connectivity index (χ1v) is 9.64.